The van der Waals surface area contributed by atoms with Crippen molar-refractivity contribution in [2.75, 3.05) is 23.7 Å². The number of aryl methyl sites for hydroxylation is 1. The Hall–Kier alpha value is -2.60. The van der Waals surface area contributed by atoms with Gasteiger partial charge in [0, 0.05) is 24.8 Å². The van der Waals surface area contributed by atoms with Crippen LogP contribution in [0.5, 0.6) is 0 Å². The second-order valence-electron chi connectivity index (χ2n) is 6.69. The molecule has 4 rings (SSSR count). The number of nitrogens with zero attached hydrogens (tertiary/aromatic N) is 2. The van der Waals surface area contributed by atoms with Gasteiger partial charge in [0.2, 0.25) is 0 Å². The number of amides is 2. The van der Waals surface area contributed by atoms with Crippen LogP contribution in [-0.2, 0) is 0 Å². The highest BCUT2D eigenvalue weighted by molar-refractivity contribution is 7.22. The Labute approximate surface area is 157 Å². The van der Waals surface area contributed by atoms with E-state index in [0.29, 0.717) is 11.2 Å². The number of rotatable bonds is 3. The number of hydrogen-bond donors (Lipinski definition) is 2. The van der Waals surface area contributed by atoms with Gasteiger partial charge >= 0.3 is 6.03 Å². The zero-order valence-corrected chi connectivity index (χ0v) is 15.6. The molecule has 26 heavy (non-hydrogen) atoms. The van der Waals surface area contributed by atoms with Gasteiger partial charge in [-0.05, 0) is 49.6 Å². The van der Waals surface area contributed by atoms with E-state index in [1.165, 1.54) is 16.9 Å². The van der Waals surface area contributed by atoms with Crippen LogP contribution in [0.1, 0.15) is 18.4 Å². The second kappa shape index (κ2) is 7.33. The van der Waals surface area contributed by atoms with Crippen LogP contribution in [-0.4, -0.2) is 35.0 Å². The van der Waals surface area contributed by atoms with Crippen LogP contribution in [0.25, 0.3) is 10.2 Å². The fourth-order valence-corrected chi connectivity index (χ4v) is 4.15. The van der Waals surface area contributed by atoms with Crippen LogP contribution in [0.3, 0.4) is 0 Å². The van der Waals surface area contributed by atoms with Gasteiger partial charge in [0.25, 0.3) is 0 Å². The summed E-state index contributed by atoms with van der Waals surface area (Å²) in [4.78, 5) is 18.9. The molecule has 1 aliphatic heterocycles. The lowest BCUT2D eigenvalue weighted by Gasteiger charge is -2.32. The van der Waals surface area contributed by atoms with E-state index in [4.69, 9.17) is 0 Å². The van der Waals surface area contributed by atoms with Gasteiger partial charge in [-0.3, -0.25) is 5.32 Å². The number of anilines is 2. The minimum Gasteiger partial charge on any atom is -0.382 e. The van der Waals surface area contributed by atoms with E-state index in [0.717, 1.165) is 41.8 Å². The van der Waals surface area contributed by atoms with E-state index in [1.807, 2.05) is 29.2 Å². The molecule has 1 fully saturated rings. The summed E-state index contributed by atoms with van der Waals surface area (Å²) in [6, 6.07) is 16.7. The normalized spacial score (nSPS) is 15.2. The van der Waals surface area contributed by atoms with Crippen molar-refractivity contribution in [1.29, 1.82) is 0 Å². The maximum atomic E-state index is 12.5. The SMILES string of the molecule is Cc1cccc(NC2CCN(C(=O)Nc3nc4ccccc4s3)CC2)c1. The van der Waals surface area contributed by atoms with E-state index >= 15 is 0 Å². The zero-order chi connectivity index (χ0) is 17.9. The number of piperidine rings is 1. The minimum atomic E-state index is -0.0574. The average molecular weight is 366 g/mol. The molecule has 0 aliphatic carbocycles. The molecule has 2 N–H and O–H groups in total. The first kappa shape index (κ1) is 16.8. The number of carbonyl (C=O) groups is 1. The molecule has 6 heteroatoms. The summed E-state index contributed by atoms with van der Waals surface area (Å²) in [7, 11) is 0. The van der Waals surface area contributed by atoms with E-state index < -0.39 is 0 Å². The van der Waals surface area contributed by atoms with E-state index in [-0.39, 0.29) is 6.03 Å². The Morgan fingerprint density at radius 3 is 2.73 bits per heavy atom. The van der Waals surface area contributed by atoms with Crippen molar-refractivity contribution < 1.29 is 4.79 Å². The summed E-state index contributed by atoms with van der Waals surface area (Å²) < 4.78 is 1.09. The number of hydrogen-bond acceptors (Lipinski definition) is 4. The van der Waals surface area contributed by atoms with Crippen LogP contribution in [0.15, 0.2) is 48.5 Å². The van der Waals surface area contributed by atoms with E-state index in [9.17, 15) is 4.79 Å². The lowest BCUT2D eigenvalue weighted by atomic mass is 10.0. The quantitative estimate of drug-likeness (QED) is 0.705. The summed E-state index contributed by atoms with van der Waals surface area (Å²) >= 11 is 1.51. The van der Waals surface area contributed by atoms with E-state index in [2.05, 4.69) is 46.8 Å². The van der Waals surface area contributed by atoms with Crippen LogP contribution >= 0.6 is 11.3 Å². The smallest absolute Gasteiger partial charge is 0.323 e. The summed E-state index contributed by atoms with van der Waals surface area (Å²) in [5.41, 5.74) is 3.33. The number of urea groups is 1. The molecular weight excluding hydrogens is 344 g/mol. The maximum absolute atomic E-state index is 12.5. The summed E-state index contributed by atoms with van der Waals surface area (Å²) in [5.74, 6) is 0. The van der Waals surface area contributed by atoms with Gasteiger partial charge < -0.3 is 10.2 Å². The number of nitrogens with one attached hydrogen (secondary N) is 2. The van der Waals surface area contributed by atoms with Crippen molar-refractivity contribution in [2.45, 2.75) is 25.8 Å². The van der Waals surface area contributed by atoms with Crippen LogP contribution in [0, 0.1) is 6.92 Å². The number of benzene rings is 2. The van der Waals surface area contributed by atoms with E-state index in [1.54, 1.807) is 0 Å². The van der Waals surface area contributed by atoms with Crippen molar-refractivity contribution in [3.63, 3.8) is 0 Å². The molecule has 1 saturated heterocycles. The first-order chi connectivity index (χ1) is 12.7. The molecular formula is C20H22N4OS. The van der Waals surface area contributed by atoms with Crippen molar-refractivity contribution in [3.8, 4) is 0 Å². The van der Waals surface area contributed by atoms with Gasteiger partial charge in [0.15, 0.2) is 5.13 Å². The third-order valence-electron chi connectivity index (χ3n) is 4.68. The summed E-state index contributed by atoms with van der Waals surface area (Å²) in [5, 5.41) is 7.19. The topological polar surface area (TPSA) is 57.3 Å². The predicted molar refractivity (Wildman–Crippen MR) is 108 cm³/mol. The van der Waals surface area contributed by atoms with Crippen molar-refractivity contribution >= 4 is 38.4 Å². The number of para-hydroxylation sites is 1. The molecule has 3 aromatic rings. The first-order valence-electron chi connectivity index (χ1n) is 8.92. The molecule has 2 aromatic carbocycles. The molecule has 5 nitrogen and oxygen atoms in total. The van der Waals surface area contributed by atoms with Gasteiger partial charge in [0.05, 0.1) is 10.2 Å². The highest BCUT2D eigenvalue weighted by Crippen LogP contribution is 2.26. The standard InChI is InChI=1S/C20H22N4OS/c1-14-5-4-6-16(13-14)21-15-9-11-24(12-10-15)20(25)23-19-22-17-7-2-3-8-18(17)26-19/h2-8,13,15,21H,9-12H2,1H3,(H,22,23,25). The molecule has 0 radical (unpaired) electrons. The fourth-order valence-electron chi connectivity index (χ4n) is 3.29. The summed E-state index contributed by atoms with van der Waals surface area (Å²) in [6.07, 6.45) is 1.89. The third-order valence-corrected chi connectivity index (χ3v) is 5.63. The molecule has 0 unspecified atom stereocenters. The zero-order valence-electron chi connectivity index (χ0n) is 14.7. The molecule has 0 atom stereocenters. The third kappa shape index (κ3) is 3.80. The molecule has 1 aliphatic rings. The number of fused-ring (bicyclic) bond motifs is 1. The van der Waals surface area contributed by atoms with Crippen molar-refractivity contribution in [3.05, 3.63) is 54.1 Å². The van der Waals surface area contributed by atoms with Gasteiger partial charge in [0.1, 0.15) is 0 Å². The van der Waals surface area contributed by atoms with Gasteiger partial charge in [-0.1, -0.05) is 35.6 Å². The fraction of sp³-hybridized carbons (Fsp3) is 0.300. The van der Waals surface area contributed by atoms with Gasteiger partial charge in [-0.25, -0.2) is 9.78 Å². The molecule has 2 heterocycles. The van der Waals surface area contributed by atoms with Crippen molar-refractivity contribution in [2.24, 2.45) is 0 Å². The Kier molecular flexibility index (Phi) is 4.75. The molecule has 0 saturated carbocycles. The van der Waals surface area contributed by atoms with Crippen LogP contribution < -0.4 is 10.6 Å². The van der Waals surface area contributed by atoms with Gasteiger partial charge in [-0.2, -0.15) is 0 Å². The van der Waals surface area contributed by atoms with Gasteiger partial charge in [-0.15, -0.1) is 0 Å². The number of thiazole rings is 1. The molecule has 2 amide bonds. The number of likely N-dealkylation sites (tertiary alicyclic amines) is 1. The Morgan fingerprint density at radius 2 is 1.96 bits per heavy atom. The lowest BCUT2D eigenvalue weighted by molar-refractivity contribution is 0.197. The van der Waals surface area contributed by atoms with Crippen LogP contribution in [0.4, 0.5) is 15.6 Å². The Morgan fingerprint density at radius 1 is 1.15 bits per heavy atom. The largest absolute Gasteiger partial charge is 0.382 e. The molecule has 134 valence electrons. The molecule has 0 bridgehead atoms. The number of carbonyl (C=O) groups excluding carboxylic acids is 1. The monoisotopic (exact) mass is 366 g/mol. The number of aromatic nitrogens is 1. The first-order valence-corrected chi connectivity index (χ1v) is 9.74. The molecule has 0 spiro atoms. The second-order valence-corrected chi connectivity index (χ2v) is 7.72. The maximum Gasteiger partial charge on any atom is 0.323 e. The van der Waals surface area contributed by atoms with Crippen molar-refractivity contribution in [1.82, 2.24) is 9.88 Å². The minimum absolute atomic E-state index is 0.0574. The Balaban J connectivity index is 1.31. The average Bonchev–Trinajstić information content (AvgIpc) is 3.04. The molecule has 1 aromatic heterocycles. The Bertz CT molecular complexity index is 882. The lowest BCUT2D eigenvalue weighted by Crippen LogP contribution is -2.44. The summed E-state index contributed by atoms with van der Waals surface area (Å²) in [6.45, 7) is 3.60. The van der Waals surface area contributed by atoms with Crippen LogP contribution in [0.2, 0.25) is 0 Å². The predicted octanol–water partition coefficient (Wildman–Crippen LogP) is 4.71. The highest BCUT2D eigenvalue weighted by atomic mass is 32.1. The highest BCUT2D eigenvalue weighted by Gasteiger charge is 2.23.